The minimum atomic E-state index is -0.547. The number of fused-ring (bicyclic) bond motifs is 2. The van der Waals surface area contributed by atoms with E-state index in [9.17, 15) is 9.59 Å². The number of rotatable bonds is 7. The minimum Gasteiger partial charge on any atom is -0.378 e. The fraction of sp³-hybridized carbons (Fsp3) is 0.846. The summed E-state index contributed by atoms with van der Waals surface area (Å²) in [4.78, 5) is 34.0. The van der Waals surface area contributed by atoms with Crippen LogP contribution in [-0.2, 0) is 23.9 Å². The van der Waals surface area contributed by atoms with Crippen molar-refractivity contribution in [2.75, 3.05) is 39.6 Å². The lowest BCUT2D eigenvalue weighted by atomic mass is 9.90. The zero-order valence-corrected chi connectivity index (χ0v) is 24.7. The summed E-state index contributed by atoms with van der Waals surface area (Å²) in [6.45, 7) is 3.95. The van der Waals surface area contributed by atoms with Crippen LogP contribution in [0.15, 0.2) is 11.1 Å². The summed E-state index contributed by atoms with van der Waals surface area (Å²) in [5.41, 5.74) is 16.9. The van der Waals surface area contributed by atoms with Gasteiger partial charge in [-0.3, -0.25) is 35.7 Å². The first-order valence-electron chi connectivity index (χ1n) is 15.4. The Kier molecular flexibility index (Phi) is 8.75. The van der Waals surface area contributed by atoms with Crippen LogP contribution < -0.4 is 43.6 Å². The number of nitrogens with one attached hydrogen (secondary N) is 6. The van der Waals surface area contributed by atoms with Crippen LogP contribution >= 0.6 is 11.8 Å². The molecule has 16 heteroatoms. The van der Waals surface area contributed by atoms with Crippen LogP contribution in [0.25, 0.3) is 0 Å². The third kappa shape index (κ3) is 5.73. The molecule has 5 saturated heterocycles. The maximum absolute atomic E-state index is 13.0. The lowest BCUT2D eigenvalue weighted by Gasteiger charge is -2.47. The van der Waals surface area contributed by atoms with Crippen LogP contribution in [0.2, 0.25) is 0 Å². The topological polar surface area (TPSA) is 194 Å². The van der Waals surface area contributed by atoms with Crippen LogP contribution in [-0.4, -0.2) is 116 Å². The van der Waals surface area contributed by atoms with Crippen LogP contribution in [0.1, 0.15) is 32.1 Å². The molecular weight excluding hydrogens is 564 g/mol. The second-order valence-corrected chi connectivity index (χ2v) is 13.6. The number of hydrogen-bond donors (Lipinski definition) is 8. The molecule has 1 saturated carbocycles. The van der Waals surface area contributed by atoms with Gasteiger partial charge in [-0.1, -0.05) is 6.42 Å². The Balaban J connectivity index is 1.01. The fourth-order valence-corrected chi connectivity index (χ4v) is 9.09. The smallest absolute Gasteiger partial charge is 0.226 e. The number of carbonyl (C=O) groups is 2. The normalized spacial score (nSPS) is 44.6. The van der Waals surface area contributed by atoms with Gasteiger partial charge in [0.2, 0.25) is 5.91 Å². The number of hydrazine groups is 1. The highest BCUT2D eigenvalue weighted by Crippen LogP contribution is 2.43. The van der Waals surface area contributed by atoms with Gasteiger partial charge in [0.05, 0.1) is 67.1 Å². The SMILES string of the molecule is NC(=O)C1C(NC2CC(C3COC4C(=O)C=C(N5CCOCC5)SC43)NO2)NC(N[C@H]2CCCC[C@H]2[NH3+])N2NCNC12. The van der Waals surface area contributed by atoms with E-state index in [0.29, 0.717) is 39.0 Å². The number of ether oxygens (including phenoxy) is 2. The quantitative estimate of drug-likeness (QED) is 0.140. The number of morpholine rings is 1. The molecule has 7 aliphatic rings. The van der Waals surface area contributed by atoms with Crippen molar-refractivity contribution >= 4 is 23.5 Å². The van der Waals surface area contributed by atoms with E-state index in [1.54, 1.807) is 17.8 Å². The predicted octanol–water partition coefficient (Wildman–Crippen LogP) is -3.78. The van der Waals surface area contributed by atoms with Crippen molar-refractivity contribution < 1.29 is 29.6 Å². The molecule has 15 nitrogen and oxygen atoms in total. The number of amides is 1. The molecule has 9 unspecified atom stereocenters. The Bertz CT molecular complexity index is 1050. The molecule has 0 aromatic carbocycles. The number of carbonyl (C=O) groups excluding carboxylic acids is 2. The molecule has 0 spiro atoms. The summed E-state index contributed by atoms with van der Waals surface area (Å²) < 4.78 is 11.5. The monoisotopic (exact) mass is 609 g/mol. The third-order valence-electron chi connectivity index (χ3n) is 9.82. The Morgan fingerprint density at radius 2 is 2.02 bits per heavy atom. The van der Waals surface area contributed by atoms with Gasteiger partial charge in [-0.05, 0) is 12.8 Å². The van der Waals surface area contributed by atoms with E-state index in [1.165, 1.54) is 12.8 Å². The van der Waals surface area contributed by atoms with Crippen molar-refractivity contribution in [2.45, 2.75) is 86.4 Å². The molecule has 0 aromatic rings. The van der Waals surface area contributed by atoms with E-state index in [2.05, 4.69) is 42.8 Å². The summed E-state index contributed by atoms with van der Waals surface area (Å²) in [5.74, 6) is -0.811. The van der Waals surface area contributed by atoms with Gasteiger partial charge >= 0.3 is 0 Å². The molecule has 234 valence electrons. The molecule has 0 radical (unpaired) electrons. The van der Waals surface area contributed by atoms with Gasteiger partial charge in [-0.15, -0.1) is 11.8 Å². The molecule has 11 N–H and O–H groups in total. The average molecular weight is 610 g/mol. The number of thioether (sulfide) groups is 1. The van der Waals surface area contributed by atoms with Crippen molar-refractivity contribution in [3.8, 4) is 0 Å². The second kappa shape index (κ2) is 12.5. The average Bonchev–Trinajstić information content (AvgIpc) is 3.75. The summed E-state index contributed by atoms with van der Waals surface area (Å²) in [5, 5.41) is 17.3. The number of hydrogen-bond acceptors (Lipinski definition) is 14. The number of nitrogens with two attached hydrogens (primary N) is 1. The third-order valence-corrected chi connectivity index (χ3v) is 11.3. The molecule has 1 aliphatic carbocycles. The van der Waals surface area contributed by atoms with E-state index >= 15 is 0 Å². The maximum atomic E-state index is 13.0. The van der Waals surface area contributed by atoms with Gasteiger partial charge in [0.1, 0.15) is 18.6 Å². The highest BCUT2D eigenvalue weighted by atomic mass is 32.2. The van der Waals surface area contributed by atoms with E-state index in [1.807, 2.05) is 5.01 Å². The number of nitrogens with zero attached hydrogens (tertiary/aromatic N) is 2. The lowest BCUT2D eigenvalue weighted by Crippen LogP contribution is -2.79. The van der Waals surface area contributed by atoms with Crippen LogP contribution in [0.3, 0.4) is 0 Å². The van der Waals surface area contributed by atoms with Crippen LogP contribution in [0.5, 0.6) is 0 Å². The van der Waals surface area contributed by atoms with Crippen molar-refractivity contribution in [3.05, 3.63) is 11.1 Å². The van der Waals surface area contributed by atoms with E-state index in [0.717, 1.165) is 31.0 Å². The number of primary amides is 1. The first kappa shape index (κ1) is 29.3. The Morgan fingerprint density at radius 1 is 1.19 bits per heavy atom. The van der Waals surface area contributed by atoms with Gasteiger partial charge in [0, 0.05) is 44.0 Å². The number of quaternary nitrogens is 1. The summed E-state index contributed by atoms with van der Waals surface area (Å²) in [6.07, 6.45) is 5.24. The van der Waals surface area contributed by atoms with Crippen molar-refractivity contribution in [3.63, 3.8) is 0 Å². The molecule has 6 heterocycles. The van der Waals surface area contributed by atoms with E-state index < -0.39 is 24.1 Å². The molecule has 0 aromatic heterocycles. The lowest BCUT2D eigenvalue weighted by molar-refractivity contribution is -0.431. The van der Waals surface area contributed by atoms with Crippen LogP contribution in [0.4, 0.5) is 0 Å². The fourth-order valence-electron chi connectivity index (χ4n) is 7.51. The molecule has 6 fully saturated rings. The zero-order chi connectivity index (χ0) is 28.8. The van der Waals surface area contributed by atoms with Crippen molar-refractivity contribution in [1.82, 2.24) is 42.1 Å². The number of hydroxylamine groups is 1. The Hall–Kier alpha value is -1.41. The molecule has 42 heavy (non-hydrogen) atoms. The van der Waals surface area contributed by atoms with Gasteiger partial charge in [-0.2, -0.15) is 10.5 Å². The highest BCUT2D eigenvalue weighted by Gasteiger charge is 2.52. The molecular formula is C26H45N10O5S+. The molecule has 6 aliphatic heterocycles. The molecule has 7 rings (SSSR count). The highest BCUT2D eigenvalue weighted by molar-refractivity contribution is 8.03. The minimum absolute atomic E-state index is 0.00774. The first-order chi connectivity index (χ1) is 20.5. The Morgan fingerprint density at radius 3 is 2.83 bits per heavy atom. The van der Waals surface area contributed by atoms with Gasteiger partial charge in [0.15, 0.2) is 5.78 Å². The zero-order valence-electron chi connectivity index (χ0n) is 23.8. The van der Waals surface area contributed by atoms with Gasteiger partial charge in [0.25, 0.3) is 0 Å². The summed E-state index contributed by atoms with van der Waals surface area (Å²) in [7, 11) is 0. The van der Waals surface area contributed by atoms with E-state index in [-0.39, 0.29) is 47.7 Å². The predicted molar refractivity (Wildman–Crippen MR) is 152 cm³/mol. The van der Waals surface area contributed by atoms with Crippen LogP contribution in [0, 0.1) is 11.8 Å². The Labute approximate surface area is 249 Å². The van der Waals surface area contributed by atoms with Gasteiger partial charge < -0.3 is 25.8 Å². The summed E-state index contributed by atoms with van der Waals surface area (Å²) >= 11 is 1.74. The molecule has 11 atom stereocenters. The maximum Gasteiger partial charge on any atom is 0.226 e. The van der Waals surface area contributed by atoms with Crippen molar-refractivity contribution in [1.29, 1.82) is 0 Å². The largest absolute Gasteiger partial charge is 0.378 e. The van der Waals surface area contributed by atoms with E-state index in [4.69, 9.17) is 20.0 Å². The first-order valence-corrected chi connectivity index (χ1v) is 16.3. The molecule has 1 amide bonds. The second-order valence-electron chi connectivity index (χ2n) is 12.4. The van der Waals surface area contributed by atoms with Gasteiger partial charge in [-0.25, -0.2) is 5.43 Å². The van der Waals surface area contributed by atoms with Crippen molar-refractivity contribution in [2.24, 2.45) is 17.6 Å². The number of ketones is 1. The molecule has 0 bridgehead atoms. The summed E-state index contributed by atoms with van der Waals surface area (Å²) in [6, 6.07) is 0.600. The standard InChI is InChI=1S/C26H44N10O5S/c27-14-3-1-2-4-15(14)31-26-33-24(20(23(28)38)25-29-12-30-36(25)26)32-18-9-16(34-41-18)13-11-40-21-17(37)10-19(42-22(13)21)35-5-7-39-8-6-35/h10,13-16,18,20-22,24-26,29-34H,1-9,11-12,27H2,(H2,28,38)/p+1/t13?,14-,15+,16?,18?,20?,21?,22?,24?,25?,26?/m1/s1.